The van der Waals surface area contributed by atoms with Gasteiger partial charge >= 0.3 is 0 Å². The third-order valence-corrected chi connectivity index (χ3v) is 4.27. The molecule has 1 aliphatic carbocycles. The van der Waals surface area contributed by atoms with Crippen LogP contribution in [0.5, 0.6) is 0 Å². The predicted molar refractivity (Wildman–Crippen MR) is 70.9 cm³/mol. The molecule has 2 heteroatoms. The van der Waals surface area contributed by atoms with Gasteiger partial charge in [-0.1, -0.05) is 24.6 Å². The van der Waals surface area contributed by atoms with E-state index in [2.05, 4.69) is 12.1 Å². The van der Waals surface area contributed by atoms with Crippen LogP contribution in [0.2, 0.25) is 0 Å². The second kappa shape index (κ2) is 4.85. The molecule has 1 aromatic carbocycles. The highest BCUT2D eigenvalue weighted by molar-refractivity contribution is 5.99. The lowest BCUT2D eigenvalue weighted by Gasteiger charge is -2.26. The second-order valence-corrected chi connectivity index (χ2v) is 5.63. The van der Waals surface area contributed by atoms with Crippen LogP contribution < -0.4 is 0 Å². The van der Waals surface area contributed by atoms with Crippen molar-refractivity contribution >= 4 is 5.78 Å². The number of ketones is 1. The fourth-order valence-electron chi connectivity index (χ4n) is 2.87. The van der Waals surface area contributed by atoms with E-state index in [1.54, 1.807) is 0 Å². The monoisotopic (exact) mass is 244 g/mol. The first-order valence-electron chi connectivity index (χ1n) is 7.03. The van der Waals surface area contributed by atoms with Crippen LogP contribution in [0.25, 0.3) is 0 Å². The first-order chi connectivity index (χ1) is 8.74. The molecule has 1 heterocycles. The van der Waals surface area contributed by atoms with Crippen molar-refractivity contribution in [1.82, 2.24) is 0 Å². The van der Waals surface area contributed by atoms with Crippen molar-refractivity contribution in [3.05, 3.63) is 35.4 Å². The molecule has 0 radical (unpaired) electrons. The molecule has 3 rings (SSSR count). The van der Waals surface area contributed by atoms with Gasteiger partial charge in [-0.25, -0.2) is 0 Å². The molecule has 1 aromatic rings. The minimum atomic E-state index is -0.211. The Labute approximate surface area is 108 Å². The lowest BCUT2D eigenvalue weighted by atomic mass is 9.79. The Balaban J connectivity index is 1.76. The molecule has 2 aliphatic rings. The first kappa shape index (κ1) is 11.9. The Bertz CT molecular complexity index is 448. The molecule has 2 nitrogen and oxygen atoms in total. The maximum atomic E-state index is 12.3. The van der Waals surface area contributed by atoms with Gasteiger partial charge in [0.2, 0.25) is 0 Å². The van der Waals surface area contributed by atoms with Crippen molar-refractivity contribution in [3.63, 3.8) is 0 Å². The van der Waals surface area contributed by atoms with Crippen LogP contribution >= 0.6 is 0 Å². The third-order valence-electron chi connectivity index (χ3n) is 4.27. The van der Waals surface area contributed by atoms with Gasteiger partial charge < -0.3 is 4.74 Å². The topological polar surface area (TPSA) is 26.3 Å². The van der Waals surface area contributed by atoms with Gasteiger partial charge in [-0.05, 0) is 50.2 Å². The molecule has 96 valence electrons. The highest BCUT2D eigenvalue weighted by Crippen LogP contribution is 2.36. The van der Waals surface area contributed by atoms with Crippen molar-refractivity contribution < 1.29 is 9.53 Å². The lowest BCUT2D eigenvalue weighted by Crippen LogP contribution is -2.21. The van der Waals surface area contributed by atoms with E-state index in [1.165, 1.54) is 24.8 Å². The highest BCUT2D eigenvalue weighted by Gasteiger charge is 2.29. The third kappa shape index (κ3) is 2.22. The summed E-state index contributed by atoms with van der Waals surface area (Å²) in [5, 5.41) is 0. The molecule has 2 fully saturated rings. The largest absolute Gasteiger partial charge is 0.367 e. The summed E-state index contributed by atoms with van der Waals surface area (Å²) in [4.78, 5) is 12.3. The van der Waals surface area contributed by atoms with E-state index in [0.717, 1.165) is 18.4 Å². The van der Waals surface area contributed by atoms with E-state index < -0.39 is 0 Å². The molecule has 18 heavy (non-hydrogen) atoms. The van der Waals surface area contributed by atoms with Crippen molar-refractivity contribution in [3.8, 4) is 0 Å². The molecule has 1 saturated carbocycles. The van der Waals surface area contributed by atoms with Crippen molar-refractivity contribution in [1.29, 1.82) is 0 Å². The van der Waals surface area contributed by atoms with E-state index >= 15 is 0 Å². The average Bonchev–Trinajstić information content (AvgIpc) is 2.73. The zero-order valence-electron chi connectivity index (χ0n) is 10.9. The number of benzene rings is 1. The lowest BCUT2D eigenvalue weighted by molar-refractivity contribution is 0.0433. The van der Waals surface area contributed by atoms with Crippen LogP contribution in [-0.4, -0.2) is 18.0 Å². The summed E-state index contributed by atoms with van der Waals surface area (Å²) in [6, 6.07) is 8.17. The summed E-state index contributed by atoms with van der Waals surface area (Å²) in [6.45, 7) is 2.04. The van der Waals surface area contributed by atoms with Crippen LogP contribution in [0.3, 0.4) is 0 Å². The fraction of sp³-hybridized carbons (Fsp3) is 0.562. The average molecular weight is 244 g/mol. The molecule has 0 spiro atoms. The van der Waals surface area contributed by atoms with Crippen LogP contribution in [0.4, 0.5) is 0 Å². The molecule has 0 aromatic heterocycles. The normalized spacial score (nSPS) is 28.1. The van der Waals surface area contributed by atoms with Gasteiger partial charge in [0, 0.05) is 5.56 Å². The fourth-order valence-corrected chi connectivity index (χ4v) is 2.87. The second-order valence-electron chi connectivity index (χ2n) is 5.63. The summed E-state index contributed by atoms with van der Waals surface area (Å²) < 4.78 is 5.67. The van der Waals surface area contributed by atoms with Gasteiger partial charge in [0.25, 0.3) is 0 Å². The number of carbonyl (C=O) groups is 1. The summed E-state index contributed by atoms with van der Waals surface area (Å²) in [7, 11) is 0. The number of ether oxygens (including phenoxy) is 1. The Morgan fingerprint density at radius 2 is 2.06 bits per heavy atom. The molecule has 0 N–H and O–H groups in total. The molecule has 0 bridgehead atoms. The number of Topliss-reactive ketones (excluding diaryl/α,β-unsaturated/α-hetero) is 1. The molecule has 1 aliphatic heterocycles. The van der Waals surface area contributed by atoms with Gasteiger partial charge in [-0.15, -0.1) is 0 Å². The van der Waals surface area contributed by atoms with Gasteiger partial charge in [0.1, 0.15) is 6.10 Å². The van der Waals surface area contributed by atoms with Crippen molar-refractivity contribution in [2.75, 3.05) is 0 Å². The number of hydrogen-bond acceptors (Lipinski definition) is 2. The van der Waals surface area contributed by atoms with Crippen LogP contribution in [-0.2, 0) is 4.74 Å². The molecular weight excluding hydrogens is 224 g/mol. The minimum absolute atomic E-state index is 0.167. The zero-order chi connectivity index (χ0) is 12.5. The Kier molecular flexibility index (Phi) is 3.21. The van der Waals surface area contributed by atoms with Gasteiger partial charge in [0.05, 0.1) is 6.10 Å². The smallest absolute Gasteiger partial charge is 0.191 e. The van der Waals surface area contributed by atoms with Gasteiger partial charge in [-0.2, -0.15) is 0 Å². The predicted octanol–water partition coefficient (Wildman–Crippen LogP) is 3.70. The molecule has 2 unspecified atom stereocenters. The maximum Gasteiger partial charge on any atom is 0.191 e. The van der Waals surface area contributed by atoms with Crippen LogP contribution in [0.15, 0.2) is 24.3 Å². The molecule has 1 saturated heterocycles. The van der Waals surface area contributed by atoms with E-state index in [9.17, 15) is 4.79 Å². The minimum Gasteiger partial charge on any atom is -0.367 e. The molecule has 2 atom stereocenters. The SMILES string of the molecule is CC1CCC(C(=O)c2cccc(C3CCC3)c2)O1. The van der Waals surface area contributed by atoms with E-state index in [1.807, 2.05) is 19.1 Å². The quantitative estimate of drug-likeness (QED) is 0.758. The first-order valence-corrected chi connectivity index (χ1v) is 7.03. The molecular formula is C16H20O2. The Morgan fingerprint density at radius 1 is 1.22 bits per heavy atom. The van der Waals surface area contributed by atoms with E-state index in [4.69, 9.17) is 4.74 Å². The standard InChI is InChI=1S/C16H20O2/c1-11-8-9-15(18-11)16(17)14-7-3-6-13(10-14)12-4-2-5-12/h3,6-7,10-12,15H,2,4-5,8-9H2,1H3. The number of rotatable bonds is 3. The van der Waals surface area contributed by atoms with Crippen molar-refractivity contribution in [2.24, 2.45) is 0 Å². The summed E-state index contributed by atoms with van der Waals surface area (Å²) in [5.41, 5.74) is 2.16. The van der Waals surface area contributed by atoms with Gasteiger partial charge in [0.15, 0.2) is 5.78 Å². The number of carbonyl (C=O) groups excluding carboxylic acids is 1. The summed E-state index contributed by atoms with van der Waals surface area (Å²) in [6.07, 6.45) is 5.76. The highest BCUT2D eigenvalue weighted by atomic mass is 16.5. The van der Waals surface area contributed by atoms with Crippen LogP contribution in [0.1, 0.15) is 60.9 Å². The van der Waals surface area contributed by atoms with E-state index in [0.29, 0.717) is 5.92 Å². The van der Waals surface area contributed by atoms with Crippen molar-refractivity contribution in [2.45, 2.75) is 57.2 Å². The Hall–Kier alpha value is -1.15. The molecule has 0 amide bonds. The van der Waals surface area contributed by atoms with Gasteiger partial charge in [-0.3, -0.25) is 4.79 Å². The summed E-state index contributed by atoms with van der Waals surface area (Å²) in [5.74, 6) is 0.849. The number of hydrogen-bond donors (Lipinski definition) is 0. The van der Waals surface area contributed by atoms with Crippen LogP contribution in [0, 0.1) is 0 Å². The Morgan fingerprint density at radius 3 is 2.67 bits per heavy atom. The zero-order valence-corrected chi connectivity index (χ0v) is 10.9. The van der Waals surface area contributed by atoms with E-state index in [-0.39, 0.29) is 18.0 Å². The maximum absolute atomic E-state index is 12.3. The summed E-state index contributed by atoms with van der Waals surface area (Å²) >= 11 is 0.